The number of H-pyrrole nitrogens is 1. The number of ether oxygens (including phenoxy) is 3. The van der Waals surface area contributed by atoms with E-state index in [4.69, 9.17) is 19.5 Å². The molecular formula is C23H28N8O4. The number of hydrogen-bond acceptors (Lipinski definition) is 10. The minimum atomic E-state index is -0.564. The van der Waals surface area contributed by atoms with Gasteiger partial charge in [0, 0.05) is 18.5 Å². The molecule has 12 nitrogen and oxygen atoms in total. The normalized spacial score (nSPS) is 11.8. The van der Waals surface area contributed by atoms with E-state index in [1.807, 2.05) is 33.8 Å². The molecular weight excluding hydrogens is 452 g/mol. The highest BCUT2D eigenvalue weighted by atomic mass is 16.6. The Kier molecular flexibility index (Phi) is 8.04. The van der Waals surface area contributed by atoms with Crippen LogP contribution in [0.25, 0.3) is 11.3 Å². The smallest absolute Gasteiger partial charge is 0.407 e. The highest BCUT2D eigenvalue weighted by Gasteiger charge is 2.19. The third-order valence-electron chi connectivity index (χ3n) is 4.54. The van der Waals surface area contributed by atoms with E-state index in [-0.39, 0.29) is 11.7 Å². The number of methoxy groups -OCH3 is 1. The van der Waals surface area contributed by atoms with E-state index in [0.717, 1.165) is 0 Å². The first-order valence-electron chi connectivity index (χ1n) is 10.9. The predicted octanol–water partition coefficient (Wildman–Crippen LogP) is 3.57. The van der Waals surface area contributed by atoms with Crippen LogP contribution in [0.3, 0.4) is 0 Å². The third-order valence-corrected chi connectivity index (χ3v) is 4.54. The fourth-order valence-electron chi connectivity index (χ4n) is 2.97. The number of hydrogen-bond donors (Lipinski definition) is 3. The third kappa shape index (κ3) is 7.29. The maximum atomic E-state index is 11.9. The van der Waals surface area contributed by atoms with Crippen molar-refractivity contribution in [3.8, 4) is 28.8 Å². The molecule has 184 valence electrons. The maximum absolute atomic E-state index is 11.9. The molecule has 0 aliphatic rings. The number of anilines is 2. The molecule has 3 heterocycles. The van der Waals surface area contributed by atoms with Gasteiger partial charge in [0.1, 0.15) is 23.2 Å². The average Bonchev–Trinajstić information content (AvgIpc) is 3.26. The molecule has 0 aliphatic carbocycles. The summed E-state index contributed by atoms with van der Waals surface area (Å²) in [6, 6.07) is 3.52. The van der Waals surface area contributed by atoms with Crippen LogP contribution < -0.4 is 20.1 Å². The number of carbonyl (C=O) groups is 1. The molecule has 35 heavy (non-hydrogen) atoms. The summed E-state index contributed by atoms with van der Waals surface area (Å²) in [7, 11) is 1.54. The van der Waals surface area contributed by atoms with Crippen molar-refractivity contribution in [3.63, 3.8) is 0 Å². The Bertz CT molecular complexity index is 1180. The summed E-state index contributed by atoms with van der Waals surface area (Å²) in [5, 5.41) is 21.9. The minimum Gasteiger partial charge on any atom is -0.494 e. The van der Waals surface area contributed by atoms with Gasteiger partial charge in [-0.15, -0.1) is 0 Å². The number of nitriles is 1. The molecule has 0 saturated heterocycles. The van der Waals surface area contributed by atoms with Crippen LogP contribution in [0.4, 0.5) is 16.4 Å². The van der Waals surface area contributed by atoms with Gasteiger partial charge in [0.2, 0.25) is 0 Å². The maximum Gasteiger partial charge on any atom is 0.407 e. The van der Waals surface area contributed by atoms with E-state index in [0.29, 0.717) is 47.4 Å². The lowest BCUT2D eigenvalue weighted by Gasteiger charge is -2.22. The number of amides is 1. The molecule has 1 atom stereocenters. The lowest BCUT2D eigenvalue weighted by molar-refractivity contribution is 0.0503. The summed E-state index contributed by atoms with van der Waals surface area (Å²) in [6.45, 7) is 7.62. The van der Waals surface area contributed by atoms with Gasteiger partial charge in [-0.2, -0.15) is 10.4 Å². The van der Waals surface area contributed by atoms with Gasteiger partial charge in [0.15, 0.2) is 17.3 Å². The molecule has 0 aromatic carbocycles. The van der Waals surface area contributed by atoms with Gasteiger partial charge >= 0.3 is 6.09 Å². The summed E-state index contributed by atoms with van der Waals surface area (Å²) in [6.07, 6.45) is 6.05. The lowest BCUT2D eigenvalue weighted by atomic mass is 10.1. The molecule has 0 bridgehead atoms. The summed E-state index contributed by atoms with van der Waals surface area (Å²) in [4.78, 5) is 24.2. The van der Waals surface area contributed by atoms with Crippen molar-refractivity contribution >= 4 is 17.7 Å². The number of rotatable bonds is 9. The number of pyridine rings is 1. The fourth-order valence-corrected chi connectivity index (χ4v) is 2.97. The molecule has 0 fully saturated rings. The molecule has 3 aromatic heterocycles. The SMILES string of the molecule is COc1cncc(OCC[C@H](C)NC(=O)OC(C)(C)C)c1-c1cc(Nc2cnc(C#N)cn2)n[nH]1. The molecule has 3 N–H and O–H groups in total. The topological polar surface area (TPSA) is 160 Å². The lowest BCUT2D eigenvalue weighted by Crippen LogP contribution is -2.38. The molecule has 3 rings (SSSR count). The van der Waals surface area contributed by atoms with Gasteiger partial charge in [-0.3, -0.25) is 10.1 Å². The summed E-state index contributed by atoms with van der Waals surface area (Å²) >= 11 is 0. The number of alkyl carbamates (subject to hydrolysis) is 1. The Morgan fingerprint density at radius 1 is 1.17 bits per heavy atom. The van der Waals surface area contributed by atoms with Gasteiger partial charge < -0.3 is 24.8 Å². The van der Waals surface area contributed by atoms with Crippen molar-refractivity contribution < 1.29 is 19.0 Å². The van der Waals surface area contributed by atoms with E-state index >= 15 is 0 Å². The Labute approximate surface area is 203 Å². The molecule has 0 radical (unpaired) electrons. The first-order chi connectivity index (χ1) is 16.7. The van der Waals surface area contributed by atoms with E-state index in [9.17, 15) is 4.79 Å². The monoisotopic (exact) mass is 480 g/mol. The highest BCUT2D eigenvalue weighted by molar-refractivity contribution is 5.75. The zero-order valence-electron chi connectivity index (χ0n) is 20.2. The van der Waals surface area contributed by atoms with E-state index < -0.39 is 11.7 Å². The number of nitrogens with zero attached hydrogens (tertiary/aromatic N) is 5. The second-order valence-electron chi connectivity index (χ2n) is 8.59. The first kappa shape index (κ1) is 25.2. The van der Waals surface area contributed by atoms with Crippen LogP contribution in [0.5, 0.6) is 11.5 Å². The van der Waals surface area contributed by atoms with Gasteiger partial charge in [-0.1, -0.05) is 0 Å². The van der Waals surface area contributed by atoms with Crippen LogP contribution in [0.1, 0.15) is 39.8 Å². The van der Waals surface area contributed by atoms with Gasteiger partial charge in [0.05, 0.1) is 49.8 Å². The van der Waals surface area contributed by atoms with Gasteiger partial charge in [-0.25, -0.2) is 14.8 Å². The van der Waals surface area contributed by atoms with E-state index in [1.54, 1.807) is 25.6 Å². The zero-order chi connectivity index (χ0) is 25.4. The Hall–Kier alpha value is -4.40. The number of aromatic amines is 1. The summed E-state index contributed by atoms with van der Waals surface area (Å²) in [5.74, 6) is 1.91. The van der Waals surface area contributed by atoms with E-state index in [2.05, 4.69) is 35.8 Å². The average molecular weight is 481 g/mol. The minimum absolute atomic E-state index is 0.164. The van der Waals surface area contributed by atoms with Crippen LogP contribution in [0.15, 0.2) is 30.9 Å². The van der Waals surface area contributed by atoms with Crippen LogP contribution >= 0.6 is 0 Å². The van der Waals surface area contributed by atoms with Crippen LogP contribution in [-0.2, 0) is 4.74 Å². The van der Waals surface area contributed by atoms with Crippen LogP contribution in [-0.4, -0.2) is 56.6 Å². The fraction of sp³-hybridized carbons (Fsp3) is 0.391. The van der Waals surface area contributed by atoms with Crippen molar-refractivity contribution in [3.05, 3.63) is 36.5 Å². The summed E-state index contributed by atoms with van der Waals surface area (Å²) < 4.78 is 16.7. The van der Waals surface area contributed by atoms with Crippen molar-refractivity contribution in [2.45, 2.75) is 45.8 Å². The first-order valence-corrected chi connectivity index (χ1v) is 10.9. The van der Waals surface area contributed by atoms with Crippen LogP contribution in [0.2, 0.25) is 0 Å². The predicted molar refractivity (Wildman–Crippen MR) is 127 cm³/mol. The van der Waals surface area contributed by atoms with Gasteiger partial charge in [0.25, 0.3) is 0 Å². The standard InChI is InChI=1S/C23H28N8O4/c1-14(28-22(32)35-23(2,3)4)6-7-34-18-12-25-11-17(33-5)21(18)16-8-19(31-30-16)29-20-13-26-15(9-24)10-27-20/h8,10-14H,6-7H2,1-5H3,(H,28,32)(H2,27,29,30,31)/t14-/m0/s1. The Morgan fingerprint density at radius 3 is 2.60 bits per heavy atom. The van der Waals surface area contributed by atoms with Crippen LogP contribution in [0, 0.1) is 11.3 Å². The number of nitrogens with one attached hydrogen (secondary N) is 3. The second kappa shape index (κ2) is 11.1. The van der Waals surface area contributed by atoms with Crippen molar-refractivity contribution in [1.29, 1.82) is 5.26 Å². The molecule has 0 spiro atoms. The molecule has 12 heteroatoms. The molecule has 0 saturated carbocycles. The largest absolute Gasteiger partial charge is 0.494 e. The molecule has 3 aromatic rings. The molecule has 0 aliphatic heterocycles. The summed E-state index contributed by atoms with van der Waals surface area (Å²) in [5.41, 5.74) is 0.925. The van der Waals surface area contributed by atoms with E-state index in [1.165, 1.54) is 12.4 Å². The Balaban J connectivity index is 1.67. The number of aromatic nitrogens is 5. The second-order valence-corrected chi connectivity index (χ2v) is 8.59. The zero-order valence-corrected chi connectivity index (χ0v) is 20.2. The Morgan fingerprint density at radius 2 is 1.94 bits per heavy atom. The highest BCUT2D eigenvalue weighted by Crippen LogP contribution is 2.37. The van der Waals surface area contributed by atoms with Crippen molar-refractivity contribution in [2.24, 2.45) is 0 Å². The molecule has 0 unspecified atom stereocenters. The molecule has 1 amide bonds. The van der Waals surface area contributed by atoms with Crippen molar-refractivity contribution in [1.82, 2.24) is 30.5 Å². The quantitative estimate of drug-likeness (QED) is 0.413. The van der Waals surface area contributed by atoms with Crippen molar-refractivity contribution in [2.75, 3.05) is 19.0 Å². The number of carbonyl (C=O) groups excluding carboxylic acids is 1. The van der Waals surface area contributed by atoms with Gasteiger partial charge in [-0.05, 0) is 27.7 Å².